The molecule has 6 nitrogen and oxygen atoms in total. The number of rotatable bonds is 4. The number of esters is 1. The van der Waals surface area contributed by atoms with Crippen LogP contribution in [-0.2, 0) is 14.3 Å². The lowest BCUT2D eigenvalue weighted by Crippen LogP contribution is -2.42. The van der Waals surface area contributed by atoms with Gasteiger partial charge in [0.25, 0.3) is 11.1 Å². The van der Waals surface area contributed by atoms with Gasteiger partial charge in [-0.25, -0.2) is 4.79 Å². The van der Waals surface area contributed by atoms with E-state index in [1.807, 2.05) is 12.1 Å². The largest absolute Gasteiger partial charge is 0.467 e. The Bertz CT molecular complexity index is 903. The molecular formula is C18H14ClNO5S. The molecule has 0 radical (unpaired) electrons. The number of hydrogen-bond donors (Lipinski definition) is 0. The summed E-state index contributed by atoms with van der Waals surface area (Å²) in [6.45, 7) is 1.44. The second-order valence-electron chi connectivity index (χ2n) is 5.46. The molecule has 0 aliphatic carbocycles. The van der Waals surface area contributed by atoms with Crippen molar-refractivity contribution in [3.05, 3.63) is 52.1 Å². The summed E-state index contributed by atoms with van der Waals surface area (Å²) >= 11 is 6.62. The van der Waals surface area contributed by atoms with E-state index in [1.54, 1.807) is 24.3 Å². The van der Waals surface area contributed by atoms with Crippen LogP contribution in [0.2, 0.25) is 5.02 Å². The number of carbonyl (C=O) groups excluding carboxylic acids is 3. The number of furan rings is 1. The molecule has 0 saturated carbocycles. The first-order valence-electron chi connectivity index (χ1n) is 7.61. The second-order valence-corrected chi connectivity index (χ2v) is 6.89. The number of methoxy groups -OCH3 is 1. The number of imide groups is 1. The van der Waals surface area contributed by atoms with Crippen molar-refractivity contribution in [2.24, 2.45) is 0 Å². The number of carbonyl (C=O) groups is 3. The number of thioether (sulfide) groups is 1. The molecule has 1 fully saturated rings. The zero-order valence-electron chi connectivity index (χ0n) is 13.9. The molecule has 26 heavy (non-hydrogen) atoms. The van der Waals surface area contributed by atoms with E-state index in [0.717, 1.165) is 22.2 Å². The zero-order valence-corrected chi connectivity index (χ0v) is 15.5. The van der Waals surface area contributed by atoms with E-state index < -0.39 is 23.2 Å². The van der Waals surface area contributed by atoms with Gasteiger partial charge in [-0.2, -0.15) is 0 Å². The van der Waals surface area contributed by atoms with Gasteiger partial charge in [0.2, 0.25) is 0 Å². The number of halogens is 1. The molecule has 2 heterocycles. The Balaban J connectivity index is 1.83. The van der Waals surface area contributed by atoms with Crippen LogP contribution < -0.4 is 0 Å². The fourth-order valence-corrected chi connectivity index (χ4v) is 3.43. The summed E-state index contributed by atoms with van der Waals surface area (Å²) in [6, 6.07) is 9.60. The van der Waals surface area contributed by atoms with Crippen molar-refractivity contribution in [1.29, 1.82) is 0 Å². The number of benzene rings is 1. The van der Waals surface area contributed by atoms with Crippen LogP contribution >= 0.6 is 23.4 Å². The molecule has 1 aromatic heterocycles. The summed E-state index contributed by atoms with van der Waals surface area (Å²) in [4.78, 5) is 37.2. The average molecular weight is 392 g/mol. The first-order chi connectivity index (χ1) is 12.4. The predicted octanol–water partition coefficient (Wildman–Crippen LogP) is 4.20. The number of ether oxygens (including phenoxy) is 1. The smallest absolute Gasteiger partial charge is 0.328 e. The monoisotopic (exact) mass is 391 g/mol. The highest BCUT2D eigenvalue weighted by Crippen LogP contribution is 2.34. The van der Waals surface area contributed by atoms with Gasteiger partial charge in [0.05, 0.1) is 12.0 Å². The van der Waals surface area contributed by atoms with Crippen LogP contribution in [0, 0.1) is 0 Å². The van der Waals surface area contributed by atoms with E-state index in [9.17, 15) is 14.4 Å². The molecule has 1 aliphatic rings. The molecular weight excluding hydrogens is 378 g/mol. The van der Waals surface area contributed by atoms with Crippen molar-refractivity contribution in [2.75, 3.05) is 7.11 Å². The molecule has 0 unspecified atom stereocenters. The first kappa shape index (κ1) is 18.3. The Kier molecular flexibility index (Phi) is 5.20. The van der Waals surface area contributed by atoms with E-state index in [4.69, 9.17) is 16.0 Å². The minimum atomic E-state index is -0.986. The van der Waals surface area contributed by atoms with Crippen molar-refractivity contribution >= 4 is 46.6 Å². The number of amides is 2. The van der Waals surface area contributed by atoms with Gasteiger partial charge in [-0.05, 0) is 55.1 Å². The molecule has 2 amide bonds. The third-order valence-electron chi connectivity index (χ3n) is 3.78. The fourth-order valence-electron chi connectivity index (χ4n) is 2.42. The van der Waals surface area contributed by atoms with Gasteiger partial charge in [-0.3, -0.25) is 14.5 Å². The highest BCUT2D eigenvalue weighted by atomic mass is 35.5. The van der Waals surface area contributed by atoms with Crippen LogP contribution in [0.3, 0.4) is 0 Å². The van der Waals surface area contributed by atoms with Crippen molar-refractivity contribution in [3.63, 3.8) is 0 Å². The van der Waals surface area contributed by atoms with Crippen LogP contribution in [0.25, 0.3) is 17.4 Å². The fraction of sp³-hybridized carbons (Fsp3) is 0.167. The van der Waals surface area contributed by atoms with Gasteiger partial charge in [0, 0.05) is 16.7 Å². The number of nitrogens with zero attached hydrogens (tertiary/aromatic N) is 1. The molecule has 1 saturated heterocycles. The number of hydrogen-bond acceptors (Lipinski definition) is 6. The quantitative estimate of drug-likeness (QED) is 0.574. The maximum atomic E-state index is 12.4. The highest BCUT2D eigenvalue weighted by molar-refractivity contribution is 8.18. The Morgan fingerprint density at radius 1 is 1.23 bits per heavy atom. The maximum Gasteiger partial charge on any atom is 0.328 e. The Labute approximate surface area is 158 Å². The lowest BCUT2D eigenvalue weighted by molar-refractivity contribution is -0.148. The van der Waals surface area contributed by atoms with Crippen LogP contribution in [0.15, 0.2) is 45.7 Å². The zero-order chi connectivity index (χ0) is 18.8. The SMILES string of the molecule is COC(=O)[C@@H](C)N1C(=O)S/C(=C\c2ccc(-c3ccc(Cl)cc3)o2)C1=O. The molecule has 134 valence electrons. The molecule has 3 rings (SSSR count). The molecule has 2 aromatic rings. The van der Waals surface area contributed by atoms with Crippen LogP contribution in [0.1, 0.15) is 12.7 Å². The Morgan fingerprint density at radius 3 is 2.58 bits per heavy atom. The van der Waals surface area contributed by atoms with Gasteiger partial charge >= 0.3 is 5.97 Å². The van der Waals surface area contributed by atoms with Gasteiger partial charge in [0.1, 0.15) is 17.6 Å². The molecule has 0 N–H and O–H groups in total. The average Bonchev–Trinajstić information content (AvgIpc) is 3.19. The molecule has 1 aromatic carbocycles. The highest BCUT2D eigenvalue weighted by Gasteiger charge is 2.41. The van der Waals surface area contributed by atoms with Gasteiger partial charge in [-0.15, -0.1) is 0 Å². The van der Waals surface area contributed by atoms with Crippen LogP contribution in [-0.4, -0.2) is 35.2 Å². The summed E-state index contributed by atoms with van der Waals surface area (Å²) in [5.74, 6) is -0.180. The van der Waals surface area contributed by atoms with Crippen LogP contribution in [0.5, 0.6) is 0 Å². The van der Waals surface area contributed by atoms with E-state index in [0.29, 0.717) is 16.5 Å². The summed E-state index contributed by atoms with van der Waals surface area (Å²) in [7, 11) is 1.20. The minimum absolute atomic E-state index is 0.183. The lowest BCUT2D eigenvalue weighted by atomic mass is 10.2. The van der Waals surface area contributed by atoms with E-state index >= 15 is 0 Å². The third kappa shape index (κ3) is 3.54. The first-order valence-corrected chi connectivity index (χ1v) is 8.81. The van der Waals surface area contributed by atoms with E-state index in [1.165, 1.54) is 20.1 Å². The summed E-state index contributed by atoms with van der Waals surface area (Å²) in [5, 5.41) is 0.0950. The van der Waals surface area contributed by atoms with Crippen LogP contribution in [0.4, 0.5) is 4.79 Å². The standard InChI is InChI=1S/C18H14ClNO5S/c1-10(17(22)24-2)20-16(21)15(26-18(20)23)9-13-7-8-14(25-13)11-3-5-12(19)6-4-11/h3-10H,1-2H3/b15-9-/t10-/m1/s1. The van der Waals surface area contributed by atoms with Crippen molar-refractivity contribution < 1.29 is 23.5 Å². The molecule has 0 bridgehead atoms. The van der Waals surface area contributed by atoms with Gasteiger partial charge in [-0.1, -0.05) is 11.6 Å². The van der Waals surface area contributed by atoms with Crippen molar-refractivity contribution in [3.8, 4) is 11.3 Å². The van der Waals surface area contributed by atoms with Crippen molar-refractivity contribution in [2.45, 2.75) is 13.0 Å². The van der Waals surface area contributed by atoms with E-state index in [-0.39, 0.29) is 4.91 Å². The Morgan fingerprint density at radius 2 is 1.92 bits per heavy atom. The lowest BCUT2D eigenvalue weighted by Gasteiger charge is -2.18. The minimum Gasteiger partial charge on any atom is -0.467 e. The molecule has 1 atom stereocenters. The topological polar surface area (TPSA) is 76.8 Å². The normalized spacial score (nSPS) is 17.0. The van der Waals surface area contributed by atoms with Crippen molar-refractivity contribution in [1.82, 2.24) is 4.90 Å². The summed E-state index contributed by atoms with van der Waals surface area (Å²) < 4.78 is 10.3. The summed E-state index contributed by atoms with van der Waals surface area (Å²) in [6.07, 6.45) is 1.48. The van der Waals surface area contributed by atoms with Gasteiger partial charge < -0.3 is 9.15 Å². The molecule has 8 heteroatoms. The maximum absolute atomic E-state index is 12.4. The van der Waals surface area contributed by atoms with E-state index in [2.05, 4.69) is 4.74 Å². The second kappa shape index (κ2) is 7.39. The molecule has 0 spiro atoms. The third-order valence-corrected chi connectivity index (χ3v) is 4.92. The summed E-state index contributed by atoms with van der Waals surface area (Å²) in [5.41, 5.74) is 0.835. The Hall–Kier alpha value is -2.51. The predicted molar refractivity (Wildman–Crippen MR) is 98.4 cm³/mol. The molecule has 1 aliphatic heterocycles. The van der Waals surface area contributed by atoms with Gasteiger partial charge in [0.15, 0.2) is 0 Å².